The van der Waals surface area contributed by atoms with Gasteiger partial charge in [0.05, 0.1) is 11.4 Å². The number of para-hydroxylation sites is 2. The summed E-state index contributed by atoms with van der Waals surface area (Å²) in [4.78, 5) is 56.7. The van der Waals surface area contributed by atoms with Crippen molar-refractivity contribution in [3.05, 3.63) is 191 Å². The highest BCUT2D eigenvalue weighted by molar-refractivity contribution is 6.06. The van der Waals surface area contributed by atoms with Gasteiger partial charge in [0.1, 0.15) is 25.3 Å². The molecule has 0 spiro atoms. The zero-order valence-electron chi connectivity index (χ0n) is 31.5. The molecule has 2 atom stereocenters. The van der Waals surface area contributed by atoms with E-state index in [1.165, 1.54) is 9.80 Å². The van der Waals surface area contributed by atoms with E-state index in [0.717, 1.165) is 33.4 Å². The summed E-state index contributed by atoms with van der Waals surface area (Å²) in [5, 5.41) is 5.94. The highest BCUT2D eigenvalue weighted by atomic mass is 16.6. The van der Waals surface area contributed by atoms with Crippen LogP contribution in [0.2, 0.25) is 0 Å². The van der Waals surface area contributed by atoms with Crippen LogP contribution in [0.1, 0.15) is 33.4 Å². The second kappa shape index (κ2) is 17.1. The maximum absolute atomic E-state index is 13.6. The van der Waals surface area contributed by atoms with Crippen LogP contribution in [0.4, 0.5) is 32.3 Å². The molecule has 0 fully saturated rings. The zero-order chi connectivity index (χ0) is 39.8. The fourth-order valence-corrected chi connectivity index (χ4v) is 7.22. The van der Waals surface area contributed by atoms with Gasteiger partial charge >= 0.3 is 12.2 Å². The quantitative estimate of drug-likeness (QED) is 0.134. The number of carbonyl (C=O) groups excluding carboxylic acids is 4. The Morgan fingerprint density at radius 2 is 0.845 bits per heavy atom. The van der Waals surface area contributed by atoms with E-state index in [0.29, 0.717) is 35.6 Å². The van der Waals surface area contributed by atoms with Gasteiger partial charge < -0.3 is 20.1 Å². The summed E-state index contributed by atoms with van der Waals surface area (Å²) in [6.45, 7) is 0.208. The van der Waals surface area contributed by atoms with Crippen molar-refractivity contribution in [2.45, 2.75) is 38.1 Å². The van der Waals surface area contributed by atoms with Gasteiger partial charge in [-0.1, -0.05) is 133 Å². The molecule has 6 aromatic rings. The second-order valence-corrected chi connectivity index (χ2v) is 14.1. The van der Waals surface area contributed by atoms with Gasteiger partial charge in [-0.05, 0) is 69.8 Å². The number of nitrogens with zero attached hydrogens (tertiary/aromatic N) is 2. The standard InChI is InChI=1S/C48H40N4O6/c53-45(43-29-37-15-7-9-17-41(37)51(43)47(55)57-31-35-11-3-1-4-12-35)49-39-25-21-33(22-26-39)19-20-34-23-27-40(28-24-34)50-46(54)44-30-38-16-8-10-18-42(38)52(44)48(56)58-32-36-13-5-2-6-14-36/h1-28,43-44H,29-32H2,(H,49,53)(H,50,54)/t43-,44-/m0/s1. The lowest BCUT2D eigenvalue weighted by molar-refractivity contribution is -0.118. The van der Waals surface area contributed by atoms with E-state index in [9.17, 15) is 19.2 Å². The number of ether oxygens (including phenoxy) is 2. The van der Waals surface area contributed by atoms with E-state index < -0.39 is 24.3 Å². The Bertz CT molecular complexity index is 2280. The lowest BCUT2D eigenvalue weighted by Gasteiger charge is -2.24. The topological polar surface area (TPSA) is 117 Å². The van der Waals surface area contributed by atoms with Crippen LogP contribution in [-0.2, 0) is 45.1 Å². The number of fused-ring (bicyclic) bond motifs is 2. The second-order valence-electron chi connectivity index (χ2n) is 14.1. The maximum Gasteiger partial charge on any atom is 0.415 e. The third-order valence-electron chi connectivity index (χ3n) is 10.2. The monoisotopic (exact) mass is 768 g/mol. The number of anilines is 4. The summed E-state index contributed by atoms with van der Waals surface area (Å²) in [6, 6.07) is 47.1. The van der Waals surface area contributed by atoms with Gasteiger partial charge in [-0.25, -0.2) is 9.59 Å². The molecule has 6 aromatic carbocycles. The highest BCUT2D eigenvalue weighted by Gasteiger charge is 2.40. The van der Waals surface area contributed by atoms with Crippen LogP contribution in [0.3, 0.4) is 0 Å². The molecule has 10 nitrogen and oxygen atoms in total. The summed E-state index contributed by atoms with van der Waals surface area (Å²) in [5.74, 6) is -0.618. The lowest BCUT2D eigenvalue weighted by Crippen LogP contribution is -2.45. The third-order valence-corrected chi connectivity index (χ3v) is 10.2. The van der Waals surface area contributed by atoms with Gasteiger partial charge in [-0.3, -0.25) is 19.4 Å². The first-order valence-corrected chi connectivity index (χ1v) is 19.1. The maximum atomic E-state index is 13.6. The highest BCUT2D eigenvalue weighted by Crippen LogP contribution is 2.35. The predicted octanol–water partition coefficient (Wildman–Crippen LogP) is 9.27. The van der Waals surface area contributed by atoms with E-state index in [1.54, 1.807) is 0 Å². The molecule has 0 radical (unpaired) electrons. The van der Waals surface area contributed by atoms with Crippen molar-refractivity contribution >= 4 is 58.9 Å². The van der Waals surface area contributed by atoms with Crippen LogP contribution in [-0.4, -0.2) is 36.1 Å². The Balaban J connectivity index is 0.863. The normalized spacial score (nSPS) is 15.4. The van der Waals surface area contributed by atoms with E-state index in [-0.39, 0.29) is 25.0 Å². The predicted molar refractivity (Wildman–Crippen MR) is 225 cm³/mol. The molecule has 0 bridgehead atoms. The van der Waals surface area contributed by atoms with E-state index in [2.05, 4.69) is 10.6 Å². The first kappa shape index (κ1) is 37.5. The van der Waals surface area contributed by atoms with Crippen LogP contribution in [0, 0.1) is 0 Å². The number of hydrogen-bond donors (Lipinski definition) is 2. The minimum atomic E-state index is -0.761. The Morgan fingerprint density at radius 1 is 0.483 bits per heavy atom. The van der Waals surface area contributed by atoms with Gasteiger partial charge in [0.2, 0.25) is 11.8 Å². The molecule has 58 heavy (non-hydrogen) atoms. The zero-order valence-corrected chi connectivity index (χ0v) is 31.5. The van der Waals surface area contributed by atoms with Crippen LogP contribution in [0.15, 0.2) is 158 Å². The Hall–Kier alpha value is -7.46. The number of benzene rings is 6. The van der Waals surface area contributed by atoms with Crippen molar-refractivity contribution in [1.82, 2.24) is 0 Å². The largest absolute Gasteiger partial charge is 0.444 e. The Morgan fingerprint density at radius 3 is 1.24 bits per heavy atom. The molecule has 0 unspecified atom stereocenters. The molecule has 0 aliphatic carbocycles. The fraction of sp³-hybridized carbons (Fsp3) is 0.125. The average molecular weight is 769 g/mol. The van der Waals surface area contributed by atoms with Crippen LogP contribution >= 0.6 is 0 Å². The molecule has 0 aromatic heterocycles. The summed E-state index contributed by atoms with van der Waals surface area (Å²) < 4.78 is 11.3. The molecule has 4 amide bonds. The molecule has 2 N–H and O–H groups in total. The average Bonchev–Trinajstić information content (AvgIpc) is 3.86. The smallest absolute Gasteiger partial charge is 0.415 e. The van der Waals surface area contributed by atoms with Crippen molar-refractivity contribution in [2.24, 2.45) is 0 Å². The van der Waals surface area contributed by atoms with E-state index in [1.807, 2.05) is 170 Å². The van der Waals surface area contributed by atoms with Crippen molar-refractivity contribution in [1.29, 1.82) is 0 Å². The molecule has 288 valence electrons. The molecule has 2 aliphatic heterocycles. The number of amides is 4. The number of carbonyl (C=O) groups is 4. The van der Waals surface area contributed by atoms with E-state index >= 15 is 0 Å². The summed E-state index contributed by atoms with van der Waals surface area (Å²) in [7, 11) is 0. The SMILES string of the molecule is O=C(Nc1ccc(C=Cc2ccc(NC(=O)[C@@H]3Cc4ccccc4N3C(=O)OCc3ccccc3)cc2)cc1)[C@@H]1Cc2ccccc2N1C(=O)OCc1ccccc1. The molecular weight excluding hydrogens is 729 g/mol. The minimum Gasteiger partial charge on any atom is -0.444 e. The fourth-order valence-electron chi connectivity index (χ4n) is 7.22. The third kappa shape index (κ3) is 8.51. The van der Waals surface area contributed by atoms with Gasteiger partial charge in [0.25, 0.3) is 0 Å². The first-order valence-electron chi connectivity index (χ1n) is 19.1. The summed E-state index contributed by atoms with van der Waals surface area (Å²) >= 11 is 0. The van der Waals surface area contributed by atoms with Crippen molar-refractivity contribution < 1.29 is 28.7 Å². The van der Waals surface area contributed by atoms with Crippen LogP contribution in [0.25, 0.3) is 12.2 Å². The van der Waals surface area contributed by atoms with Crippen molar-refractivity contribution in [2.75, 3.05) is 20.4 Å². The molecule has 8 rings (SSSR count). The van der Waals surface area contributed by atoms with Crippen LogP contribution < -0.4 is 20.4 Å². The molecule has 0 saturated carbocycles. The van der Waals surface area contributed by atoms with Gasteiger partial charge in [-0.15, -0.1) is 0 Å². The molecule has 2 heterocycles. The first-order chi connectivity index (χ1) is 28.4. The van der Waals surface area contributed by atoms with Gasteiger partial charge in [0.15, 0.2) is 0 Å². The summed E-state index contributed by atoms with van der Waals surface area (Å²) in [6.07, 6.45) is 3.50. The number of hydrogen-bond acceptors (Lipinski definition) is 6. The van der Waals surface area contributed by atoms with Crippen molar-refractivity contribution in [3.8, 4) is 0 Å². The molecular formula is C48H40N4O6. The molecule has 0 saturated heterocycles. The molecule has 2 aliphatic rings. The van der Waals surface area contributed by atoms with Gasteiger partial charge in [0, 0.05) is 24.2 Å². The summed E-state index contributed by atoms with van der Waals surface area (Å²) in [5.41, 5.74) is 7.88. The van der Waals surface area contributed by atoms with Gasteiger partial charge in [-0.2, -0.15) is 0 Å². The minimum absolute atomic E-state index is 0.104. The lowest BCUT2D eigenvalue weighted by atomic mass is 10.1. The Kier molecular flexibility index (Phi) is 11.1. The Labute approximate surface area is 336 Å². The molecule has 10 heteroatoms. The number of rotatable bonds is 10. The van der Waals surface area contributed by atoms with Crippen LogP contribution in [0.5, 0.6) is 0 Å². The number of nitrogens with one attached hydrogen (secondary N) is 2. The van der Waals surface area contributed by atoms with E-state index in [4.69, 9.17) is 9.47 Å². The van der Waals surface area contributed by atoms with Crippen molar-refractivity contribution in [3.63, 3.8) is 0 Å².